The van der Waals surface area contributed by atoms with E-state index in [-0.39, 0.29) is 11.9 Å². The number of hydrogen-bond acceptors (Lipinski definition) is 6. The monoisotopic (exact) mass is 333 g/mol. The van der Waals surface area contributed by atoms with E-state index in [9.17, 15) is 4.79 Å². The molecule has 0 spiro atoms. The standard InChI is InChI=1S/C16H23N5OS/c1-3-12(2)19-14(22)10-20-5-7-21(8-6-20)16-15-13(4-9-23-15)17-11-18-16/h4,9,11-12H,3,5-8,10H2,1-2H3,(H,19,22). The van der Waals surface area contributed by atoms with Gasteiger partial charge in [0, 0.05) is 32.2 Å². The molecule has 7 heteroatoms. The molecule has 2 aromatic rings. The van der Waals surface area contributed by atoms with E-state index < -0.39 is 0 Å². The minimum absolute atomic E-state index is 0.121. The van der Waals surface area contributed by atoms with Gasteiger partial charge >= 0.3 is 0 Å². The van der Waals surface area contributed by atoms with Crippen molar-refractivity contribution in [2.75, 3.05) is 37.6 Å². The molecule has 3 heterocycles. The molecule has 3 rings (SSSR count). The summed E-state index contributed by atoms with van der Waals surface area (Å²) in [6, 6.07) is 2.28. The summed E-state index contributed by atoms with van der Waals surface area (Å²) >= 11 is 1.68. The van der Waals surface area contributed by atoms with Gasteiger partial charge in [0.05, 0.1) is 16.8 Å². The minimum Gasteiger partial charge on any atom is -0.353 e. The molecule has 0 aromatic carbocycles. The van der Waals surface area contributed by atoms with Crippen molar-refractivity contribution in [1.82, 2.24) is 20.2 Å². The van der Waals surface area contributed by atoms with Gasteiger partial charge < -0.3 is 10.2 Å². The third-order valence-electron chi connectivity index (χ3n) is 4.28. The van der Waals surface area contributed by atoms with Gasteiger partial charge in [-0.1, -0.05) is 6.92 Å². The number of hydrogen-bond donors (Lipinski definition) is 1. The van der Waals surface area contributed by atoms with E-state index in [1.54, 1.807) is 17.7 Å². The Hall–Kier alpha value is -1.73. The van der Waals surface area contributed by atoms with Crippen LogP contribution in [0.2, 0.25) is 0 Å². The minimum atomic E-state index is 0.121. The second kappa shape index (κ2) is 7.23. The van der Waals surface area contributed by atoms with Gasteiger partial charge in [0.1, 0.15) is 12.1 Å². The number of carbonyl (C=O) groups is 1. The third kappa shape index (κ3) is 3.79. The van der Waals surface area contributed by atoms with Crippen molar-refractivity contribution in [2.24, 2.45) is 0 Å². The highest BCUT2D eigenvalue weighted by Gasteiger charge is 2.22. The zero-order valence-electron chi connectivity index (χ0n) is 13.7. The van der Waals surface area contributed by atoms with Gasteiger partial charge in [0.2, 0.25) is 5.91 Å². The average Bonchev–Trinajstić information content (AvgIpc) is 3.04. The smallest absolute Gasteiger partial charge is 0.234 e. The van der Waals surface area contributed by atoms with Crippen LogP contribution in [0.3, 0.4) is 0 Å². The molecule has 1 atom stereocenters. The summed E-state index contributed by atoms with van der Waals surface area (Å²) < 4.78 is 1.15. The van der Waals surface area contributed by atoms with Crippen LogP contribution in [0.15, 0.2) is 17.8 Å². The highest BCUT2D eigenvalue weighted by atomic mass is 32.1. The Morgan fingerprint density at radius 2 is 2.13 bits per heavy atom. The molecule has 0 bridgehead atoms. The van der Waals surface area contributed by atoms with Crippen molar-refractivity contribution < 1.29 is 4.79 Å². The van der Waals surface area contributed by atoms with Gasteiger partial charge in [-0.05, 0) is 24.8 Å². The quantitative estimate of drug-likeness (QED) is 0.903. The summed E-state index contributed by atoms with van der Waals surface area (Å²) in [6.45, 7) is 8.14. The third-order valence-corrected chi connectivity index (χ3v) is 5.18. The number of nitrogens with one attached hydrogen (secondary N) is 1. The highest BCUT2D eigenvalue weighted by molar-refractivity contribution is 7.17. The zero-order chi connectivity index (χ0) is 16.2. The lowest BCUT2D eigenvalue weighted by molar-refractivity contribution is -0.122. The summed E-state index contributed by atoms with van der Waals surface area (Å²) in [5, 5.41) is 5.08. The van der Waals surface area contributed by atoms with E-state index in [0.717, 1.165) is 48.6 Å². The van der Waals surface area contributed by atoms with Gasteiger partial charge in [-0.15, -0.1) is 11.3 Å². The lowest BCUT2D eigenvalue weighted by Crippen LogP contribution is -2.50. The summed E-state index contributed by atoms with van der Waals surface area (Å²) in [6.07, 6.45) is 2.60. The van der Waals surface area contributed by atoms with Crippen molar-refractivity contribution >= 4 is 33.3 Å². The van der Waals surface area contributed by atoms with Crippen LogP contribution in [-0.4, -0.2) is 59.5 Å². The first-order valence-electron chi connectivity index (χ1n) is 8.12. The molecular formula is C16H23N5OS. The topological polar surface area (TPSA) is 61.4 Å². The Labute approximate surface area is 140 Å². The summed E-state index contributed by atoms with van der Waals surface area (Å²) in [5.41, 5.74) is 1.01. The molecular weight excluding hydrogens is 310 g/mol. The molecule has 1 aliphatic heterocycles. The molecule has 0 saturated carbocycles. The van der Waals surface area contributed by atoms with Gasteiger partial charge in [-0.25, -0.2) is 9.97 Å². The van der Waals surface area contributed by atoms with Crippen molar-refractivity contribution in [1.29, 1.82) is 0 Å². The van der Waals surface area contributed by atoms with E-state index >= 15 is 0 Å². The molecule has 23 heavy (non-hydrogen) atoms. The van der Waals surface area contributed by atoms with Gasteiger partial charge in [0.25, 0.3) is 0 Å². The predicted molar refractivity (Wildman–Crippen MR) is 94.0 cm³/mol. The van der Waals surface area contributed by atoms with Crippen molar-refractivity contribution in [2.45, 2.75) is 26.3 Å². The van der Waals surface area contributed by atoms with E-state index in [2.05, 4.69) is 37.4 Å². The summed E-state index contributed by atoms with van der Waals surface area (Å²) in [4.78, 5) is 25.3. The number of rotatable bonds is 5. The SMILES string of the molecule is CCC(C)NC(=O)CN1CCN(c2ncnc3ccsc23)CC1. The lowest BCUT2D eigenvalue weighted by atomic mass is 10.2. The molecule has 0 radical (unpaired) electrons. The van der Waals surface area contributed by atoms with E-state index in [1.165, 1.54) is 0 Å². The summed E-state index contributed by atoms with van der Waals surface area (Å²) in [7, 11) is 0. The fourth-order valence-electron chi connectivity index (χ4n) is 2.74. The Kier molecular flexibility index (Phi) is 5.07. The second-order valence-corrected chi connectivity index (χ2v) is 6.89. The zero-order valence-corrected chi connectivity index (χ0v) is 14.5. The van der Waals surface area contributed by atoms with Crippen LogP contribution in [-0.2, 0) is 4.79 Å². The average molecular weight is 333 g/mol. The molecule has 1 N–H and O–H groups in total. The number of nitrogens with zero attached hydrogens (tertiary/aromatic N) is 4. The van der Waals surface area contributed by atoms with Gasteiger partial charge in [-0.2, -0.15) is 0 Å². The second-order valence-electron chi connectivity index (χ2n) is 5.97. The van der Waals surface area contributed by atoms with Crippen LogP contribution in [0, 0.1) is 0 Å². The van der Waals surface area contributed by atoms with E-state index in [1.807, 2.05) is 13.0 Å². The normalized spacial score (nSPS) is 17.4. The number of piperazine rings is 1. The van der Waals surface area contributed by atoms with E-state index in [4.69, 9.17) is 0 Å². The maximum absolute atomic E-state index is 12.0. The predicted octanol–water partition coefficient (Wildman–Crippen LogP) is 1.73. The first kappa shape index (κ1) is 16.1. The first-order valence-corrected chi connectivity index (χ1v) is 9.00. The van der Waals surface area contributed by atoms with Crippen molar-refractivity contribution in [3.05, 3.63) is 17.8 Å². The first-order chi connectivity index (χ1) is 11.2. The maximum Gasteiger partial charge on any atom is 0.234 e. The van der Waals surface area contributed by atoms with Crippen LogP contribution in [0.1, 0.15) is 20.3 Å². The fraction of sp³-hybridized carbons (Fsp3) is 0.562. The van der Waals surface area contributed by atoms with Crippen LogP contribution in [0.25, 0.3) is 10.2 Å². The Morgan fingerprint density at radius 3 is 2.87 bits per heavy atom. The molecule has 1 saturated heterocycles. The van der Waals surface area contributed by atoms with Crippen LogP contribution in [0.4, 0.5) is 5.82 Å². The van der Waals surface area contributed by atoms with E-state index in [0.29, 0.717) is 6.54 Å². The molecule has 1 amide bonds. The largest absolute Gasteiger partial charge is 0.353 e. The maximum atomic E-state index is 12.0. The number of thiophene rings is 1. The van der Waals surface area contributed by atoms with Crippen molar-refractivity contribution in [3.63, 3.8) is 0 Å². The molecule has 1 unspecified atom stereocenters. The van der Waals surface area contributed by atoms with Crippen molar-refractivity contribution in [3.8, 4) is 0 Å². The number of anilines is 1. The number of amides is 1. The molecule has 0 aliphatic carbocycles. The molecule has 2 aromatic heterocycles. The van der Waals surface area contributed by atoms with Crippen LogP contribution >= 0.6 is 11.3 Å². The Bertz CT molecular complexity index is 665. The number of fused-ring (bicyclic) bond motifs is 1. The molecule has 1 aliphatic rings. The van der Waals surface area contributed by atoms with Gasteiger partial charge in [0.15, 0.2) is 0 Å². The van der Waals surface area contributed by atoms with Crippen LogP contribution < -0.4 is 10.2 Å². The molecule has 6 nitrogen and oxygen atoms in total. The number of carbonyl (C=O) groups excluding carboxylic acids is 1. The Morgan fingerprint density at radius 1 is 1.35 bits per heavy atom. The number of aromatic nitrogens is 2. The fourth-order valence-corrected chi connectivity index (χ4v) is 3.61. The molecule has 1 fully saturated rings. The van der Waals surface area contributed by atoms with Gasteiger partial charge in [-0.3, -0.25) is 9.69 Å². The lowest BCUT2D eigenvalue weighted by Gasteiger charge is -2.35. The highest BCUT2D eigenvalue weighted by Crippen LogP contribution is 2.28. The van der Waals surface area contributed by atoms with Crippen LogP contribution in [0.5, 0.6) is 0 Å². The molecule has 124 valence electrons. The summed E-state index contributed by atoms with van der Waals surface area (Å²) in [5.74, 6) is 1.14. The Balaban J connectivity index is 1.56.